The number of nitrogens with one attached hydrogen (secondary N) is 2. The first-order valence-corrected chi connectivity index (χ1v) is 5.67. The molecule has 2 fully saturated rings. The highest BCUT2D eigenvalue weighted by atomic mass is 32.1. The Hall–Kier alpha value is -0.310. The van der Waals surface area contributed by atoms with Gasteiger partial charge in [0.2, 0.25) is 0 Å². The molecule has 0 aromatic rings. The van der Waals surface area contributed by atoms with Crippen LogP contribution in [0.2, 0.25) is 0 Å². The molecule has 2 aliphatic carbocycles. The van der Waals surface area contributed by atoms with Crippen LogP contribution in [-0.2, 0) is 0 Å². The fourth-order valence-corrected chi connectivity index (χ4v) is 2.42. The van der Waals surface area contributed by atoms with Gasteiger partial charge in [-0.25, -0.2) is 0 Å². The van der Waals surface area contributed by atoms with Gasteiger partial charge in [-0.05, 0) is 44.8 Å². The number of hydrogen-bond acceptors (Lipinski definition) is 1. The van der Waals surface area contributed by atoms with Crippen molar-refractivity contribution in [1.29, 1.82) is 0 Å². The van der Waals surface area contributed by atoms with Crippen LogP contribution in [0.5, 0.6) is 0 Å². The van der Waals surface area contributed by atoms with Crippen LogP contribution in [0.3, 0.4) is 0 Å². The van der Waals surface area contributed by atoms with E-state index in [1.807, 2.05) is 0 Å². The molecular formula is C10H18N2S. The highest BCUT2D eigenvalue weighted by Gasteiger charge is 2.30. The standard InChI is InChI=1S/C10H18N2S/c1-10(6-2-3-7-10)12-9(13)11-8-4-5-8/h8H,2-7H2,1H3,(H2,11,12,13). The molecule has 0 bridgehead atoms. The van der Waals surface area contributed by atoms with Gasteiger partial charge in [0.05, 0.1) is 0 Å². The Balaban J connectivity index is 1.77. The van der Waals surface area contributed by atoms with E-state index in [1.165, 1.54) is 38.5 Å². The van der Waals surface area contributed by atoms with Crippen LogP contribution >= 0.6 is 12.2 Å². The van der Waals surface area contributed by atoms with Crippen molar-refractivity contribution in [2.24, 2.45) is 0 Å². The van der Waals surface area contributed by atoms with Gasteiger partial charge in [-0.15, -0.1) is 0 Å². The predicted molar refractivity (Wildman–Crippen MR) is 58.8 cm³/mol. The van der Waals surface area contributed by atoms with Crippen LogP contribution in [0, 0.1) is 0 Å². The molecule has 0 saturated heterocycles. The molecule has 2 nitrogen and oxygen atoms in total. The Morgan fingerprint density at radius 2 is 1.92 bits per heavy atom. The van der Waals surface area contributed by atoms with E-state index in [1.54, 1.807) is 0 Å². The zero-order chi connectivity index (χ0) is 9.31. The molecule has 2 N–H and O–H groups in total. The van der Waals surface area contributed by atoms with Crippen molar-refractivity contribution in [2.75, 3.05) is 0 Å². The fourth-order valence-electron chi connectivity index (χ4n) is 2.00. The molecule has 0 aromatic heterocycles. The van der Waals surface area contributed by atoms with Gasteiger partial charge in [-0.2, -0.15) is 0 Å². The molecule has 0 amide bonds. The first-order valence-electron chi connectivity index (χ1n) is 5.27. The van der Waals surface area contributed by atoms with Crippen LogP contribution in [0.25, 0.3) is 0 Å². The molecule has 74 valence electrons. The third-order valence-electron chi connectivity index (χ3n) is 3.03. The van der Waals surface area contributed by atoms with E-state index in [0.717, 1.165) is 5.11 Å². The molecule has 2 saturated carbocycles. The van der Waals surface area contributed by atoms with Gasteiger partial charge < -0.3 is 10.6 Å². The molecule has 3 heteroatoms. The molecule has 0 aliphatic heterocycles. The van der Waals surface area contributed by atoms with Gasteiger partial charge in [0, 0.05) is 11.6 Å². The minimum absolute atomic E-state index is 0.277. The first-order chi connectivity index (χ1) is 6.18. The van der Waals surface area contributed by atoms with Crippen LogP contribution in [0.4, 0.5) is 0 Å². The van der Waals surface area contributed by atoms with E-state index >= 15 is 0 Å². The van der Waals surface area contributed by atoms with Gasteiger partial charge in [-0.3, -0.25) is 0 Å². The Labute approximate surface area is 85.5 Å². The summed E-state index contributed by atoms with van der Waals surface area (Å²) in [4.78, 5) is 0. The van der Waals surface area contributed by atoms with Crippen molar-refractivity contribution in [1.82, 2.24) is 10.6 Å². The lowest BCUT2D eigenvalue weighted by molar-refractivity contribution is 0.429. The highest BCUT2D eigenvalue weighted by Crippen LogP contribution is 2.29. The van der Waals surface area contributed by atoms with Crippen LogP contribution in [0.1, 0.15) is 45.4 Å². The van der Waals surface area contributed by atoms with Gasteiger partial charge >= 0.3 is 0 Å². The summed E-state index contributed by atoms with van der Waals surface area (Å²) in [5.41, 5.74) is 0.277. The number of hydrogen-bond donors (Lipinski definition) is 2. The van der Waals surface area contributed by atoms with Gasteiger partial charge in [0.1, 0.15) is 0 Å². The second kappa shape index (κ2) is 3.45. The summed E-state index contributed by atoms with van der Waals surface area (Å²) in [5.74, 6) is 0. The van der Waals surface area contributed by atoms with E-state index in [4.69, 9.17) is 12.2 Å². The molecule has 0 unspecified atom stereocenters. The Kier molecular flexibility index (Phi) is 2.45. The van der Waals surface area contributed by atoms with E-state index < -0.39 is 0 Å². The topological polar surface area (TPSA) is 24.1 Å². The Morgan fingerprint density at radius 3 is 2.46 bits per heavy atom. The summed E-state index contributed by atoms with van der Waals surface area (Å²) in [6.45, 7) is 2.28. The minimum atomic E-state index is 0.277. The second-order valence-corrected chi connectivity index (χ2v) is 5.05. The zero-order valence-electron chi connectivity index (χ0n) is 8.23. The smallest absolute Gasteiger partial charge is 0.166 e. The van der Waals surface area contributed by atoms with Gasteiger partial charge in [0.25, 0.3) is 0 Å². The maximum atomic E-state index is 5.26. The highest BCUT2D eigenvalue weighted by molar-refractivity contribution is 7.80. The average molecular weight is 198 g/mol. The average Bonchev–Trinajstić information content (AvgIpc) is 2.74. The summed E-state index contributed by atoms with van der Waals surface area (Å²) in [6, 6.07) is 0.671. The molecule has 0 spiro atoms. The quantitative estimate of drug-likeness (QED) is 0.663. The van der Waals surface area contributed by atoms with Crippen molar-refractivity contribution in [3.8, 4) is 0 Å². The molecule has 0 aromatic carbocycles. The number of thiocarbonyl (C=S) groups is 1. The second-order valence-electron chi connectivity index (χ2n) is 4.64. The fraction of sp³-hybridized carbons (Fsp3) is 0.900. The minimum Gasteiger partial charge on any atom is -0.360 e. The van der Waals surface area contributed by atoms with E-state index in [2.05, 4.69) is 17.6 Å². The van der Waals surface area contributed by atoms with Crippen molar-refractivity contribution >= 4 is 17.3 Å². The molecule has 13 heavy (non-hydrogen) atoms. The monoisotopic (exact) mass is 198 g/mol. The molecule has 2 rings (SSSR count). The Morgan fingerprint density at radius 1 is 1.31 bits per heavy atom. The summed E-state index contributed by atoms with van der Waals surface area (Å²) in [5, 5.41) is 7.64. The van der Waals surface area contributed by atoms with Crippen LogP contribution < -0.4 is 10.6 Å². The number of rotatable bonds is 2. The lowest BCUT2D eigenvalue weighted by Gasteiger charge is -2.27. The molecule has 0 radical (unpaired) electrons. The molecular weight excluding hydrogens is 180 g/mol. The molecule has 2 aliphatic rings. The van der Waals surface area contributed by atoms with E-state index in [0.29, 0.717) is 6.04 Å². The summed E-state index contributed by atoms with van der Waals surface area (Å²) >= 11 is 5.26. The lowest BCUT2D eigenvalue weighted by atomic mass is 10.0. The zero-order valence-corrected chi connectivity index (χ0v) is 9.04. The first kappa shape index (κ1) is 9.25. The summed E-state index contributed by atoms with van der Waals surface area (Å²) < 4.78 is 0. The third kappa shape index (κ3) is 2.56. The summed E-state index contributed by atoms with van der Waals surface area (Å²) in [7, 11) is 0. The third-order valence-corrected chi connectivity index (χ3v) is 3.25. The molecule has 0 atom stereocenters. The maximum absolute atomic E-state index is 5.26. The van der Waals surface area contributed by atoms with E-state index in [-0.39, 0.29) is 5.54 Å². The Bertz CT molecular complexity index is 205. The predicted octanol–water partition coefficient (Wildman–Crippen LogP) is 1.95. The van der Waals surface area contributed by atoms with Crippen molar-refractivity contribution in [2.45, 2.75) is 57.0 Å². The van der Waals surface area contributed by atoms with Crippen molar-refractivity contribution in [3.63, 3.8) is 0 Å². The van der Waals surface area contributed by atoms with Gasteiger partial charge in [-0.1, -0.05) is 12.8 Å². The lowest BCUT2D eigenvalue weighted by Crippen LogP contribution is -2.48. The largest absolute Gasteiger partial charge is 0.360 e. The van der Waals surface area contributed by atoms with Crippen molar-refractivity contribution in [3.05, 3.63) is 0 Å². The van der Waals surface area contributed by atoms with Crippen molar-refractivity contribution < 1.29 is 0 Å². The maximum Gasteiger partial charge on any atom is 0.166 e. The van der Waals surface area contributed by atoms with Gasteiger partial charge in [0.15, 0.2) is 5.11 Å². The molecule has 0 heterocycles. The summed E-state index contributed by atoms with van der Waals surface area (Å²) in [6.07, 6.45) is 7.79. The SMILES string of the molecule is CC1(NC(=S)NC2CC2)CCCC1. The van der Waals surface area contributed by atoms with E-state index in [9.17, 15) is 0 Å². The van der Waals surface area contributed by atoms with Crippen LogP contribution in [0.15, 0.2) is 0 Å². The van der Waals surface area contributed by atoms with Crippen LogP contribution in [-0.4, -0.2) is 16.7 Å². The normalized spacial score (nSPS) is 25.6.